The van der Waals surface area contributed by atoms with Crippen molar-refractivity contribution in [2.45, 2.75) is 19.4 Å². The van der Waals surface area contributed by atoms with Gasteiger partial charge in [-0.25, -0.2) is 0 Å². The van der Waals surface area contributed by atoms with E-state index in [1.807, 2.05) is 0 Å². The first-order valence-electron chi connectivity index (χ1n) is 4.15. The molecule has 3 heteroatoms. The van der Waals surface area contributed by atoms with Crippen molar-refractivity contribution in [2.24, 2.45) is 11.8 Å². The summed E-state index contributed by atoms with van der Waals surface area (Å²) in [5.41, 5.74) is 0. The number of hydrogen-bond acceptors (Lipinski definition) is 2. The number of carbonyl (C=O) groups is 1. The van der Waals surface area contributed by atoms with E-state index in [-0.39, 0.29) is 17.9 Å². The van der Waals surface area contributed by atoms with E-state index in [0.29, 0.717) is 19.0 Å². The molecule has 2 unspecified atom stereocenters. The van der Waals surface area contributed by atoms with Crippen LogP contribution in [0.5, 0.6) is 0 Å². The lowest BCUT2D eigenvalue weighted by molar-refractivity contribution is -0.142. The molecule has 2 fully saturated rings. The molecule has 0 spiro atoms. The van der Waals surface area contributed by atoms with Crippen LogP contribution in [0.25, 0.3) is 0 Å². The number of carbonyl (C=O) groups excluding carboxylic acids is 1. The number of amides is 1. The van der Waals surface area contributed by atoms with Gasteiger partial charge in [0.1, 0.15) is 0 Å². The Morgan fingerprint density at radius 1 is 1.55 bits per heavy atom. The molecule has 0 radical (unpaired) electrons. The van der Waals surface area contributed by atoms with Crippen molar-refractivity contribution in [1.29, 1.82) is 0 Å². The van der Waals surface area contributed by atoms with Gasteiger partial charge in [0.15, 0.2) is 0 Å². The van der Waals surface area contributed by atoms with E-state index < -0.39 is 0 Å². The highest BCUT2D eigenvalue weighted by Crippen LogP contribution is 2.39. The highest BCUT2D eigenvalue weighted by Gasteiger charge is 2.44. The highest BCUT2D eigenvalue weighted by molar-refractivity contribution is 5.82. The first-order valence-corrected chi connectivity index (χ1v) is 4.15. The number of aliphatic hydroxyl groups excluding tert-OH is 1. The third kappa shape index (κ3) is 1.13. The normalized spacial score (nSPS) is 36.7. The van der Waals surface area contributed by atoms with Gasteiger partial charge in [-0.05, 0) is 12.3 Å². The third-order valence-electron chi connectivity index (χ3n) is 2.60. The van der Waals surface area contributed by atoms with Crippen molar-refractivity contribution >= 4 is 5.91 Å². The van der Waals surface area contributed by atoms with Gasteiger partial charge in [0, 0.05) is 19.0 Å². The predicted octanol–water partition coefficient (Wildman–Crippen LogP) is -0.155. The molecular formula is C8H13NO2. The van der Waals surface area contributed by atoms with Crippen LogP contribution in [-0.2, 0) is 4.79 Å². The number of nitrogens with zero attached hydrogens (tertiary/aromatic N) is 1. The Labute approximate surface area is 66.0 Å². The van der Waals surface area contributed by atoms with Gasteiger partial charge >= 0.3 is 0 Å². The minimum Gasteiger partial charge on any atom is -0.389 e. The zero-order valence-corrected chi connectivity index (χ0v) is 6.66. The Kier molecular flexibility index (Phi) is 1.42. The zero-order chi connectivity index (χ0) is 8.01. The molecule has 1 saturated carbocycles. The molecule has 0 bridgehead atoms. The van der Waals surface area contributed by atoms with Crippen molar-refractivity contribution < 1.29 is 9.90 Å². The lowest BCUT2D eigenvalue weighted by Crippen LogP contribution is -2.54. The highest BCUT2D eigenvalue weighted by atomic mass is 16.3. The van der Waals surface area contributed by atoms with E-state index in [4.69, 9.17) is 5.11 Å². The summed E-state index contributed by atoms with van der Waals surface area (Å²) in [5, 5.41) is 8.94. The molecule has 0 aromatic rings. The minimum absolute atomic E-state index is 0.253. The molecule has 1 amide bonds. The second-order valence-electron chi connectivity index (χ2n) is 3.72. The minimum atomic E-state index is -0.256. The van der Waals surface area contributed by atoms with Gasteiger partial charge in [0.2, 0.25) is 5.91 Å². The Morgan fingerprint density at radius 2 is 2.09 bits per heavy atom. The lowest BCUT2D eigenvalue weighted by Gasteiger charge is -2.36. The molecule has 1 aliphatic heterocycles. The summed E-state index contributed by atoms with van der Waals surface area (Å²) in [6.07, 6.45) is 0.791. The topological polar surface area (TPSA) is 40.5 Å². The maximum Gasteiger partial charge on any atom is 0.226 e. The standard InChI is InChI=1S/C8H13NO2/c1-5-2-7(5)8(11)9-3-6(10)4-9/h5-7,10H,2-4H2,1H3. The quantitative estimate of drug-likeness (QED) is 0.572. The predicted molar refractivity (Wildman–Crippen MR) is 39.9 cm³/mol. The Balaban J connectivity index is 1.83. The Hall–Kier alpha value is -0.570. The van der Waals surface area contributed by atoms with E-state index in [1.165, 1.54) is 0 Å². The molecule has 62 valence electrons. The molecule has 1 N–H and O–H groups in total. The van der Waals surface area contributed by atoms with Crippen molar-refractivity contribution in [3.05, 3.63) is 0 Å². The first kappa shape index (κ1) is 7.10. The van der Waals surface area contributed by atoms with Gasteiger partial charge < -0.3 is 10.0 Å². The molecule has 1 heterocycles. The van der Waals surface area contributed by atoms with E-state index in [9.17, 15) is 4.79 Å². The summed E-state index contributed by atoms with van der Waals surface area (Å²) in [6, 6.07) is 0. The van der Waals surface area contributed by atoms with Crippen LogP contribution >= 0.6 is 0 Å². The van der Waals surface area contributed by atoms with Crippen LogP contribution in [0.1, 0.15) is 13.3 Å². The van der Waals surface area contributed by atoms with Crippen molar-refractivity contribution in [1.82, 2.24) is 4.90 Å². The molecule has 2 rings (SSSR count). The lowest BCUT2D eigenvalue weighted by atomic mass is 10.1. The zero-order valence-electron chi connectivity index (χ0n) is 6.66. The fraction of sp³-hybridized carbons (Fsp3) is 0.875. The summed E-state index contributed by atoms with van der Waals surface area (Å²) in [5.74, 6) is 1.12. The van der Waals surface area contributed by atoms with Gasteiger partial charge in [-0.1, -0.05) is 6.92 Å². The van der Waals surface area contributed by atoms with Crippen LogP contribution in [0, 0.1) is 11.8 Å². The average molecular weight is 155 g/mol. The molecule has 2 aliphatic rings. The largest absolute Gasteiger partial charge is 0.389 e. The molecular weight excluding hydrogens is 142 g/mol. The molecule has 0 aromatic heterocycles. The monoisotopic (exact) mass is 155 g/mol. The van der Waals surface area contributed by atoms with E-state index >= 15 is 0 Å². The maximum atomic E-state index is 11.4. The third-order valence-corrected chi connectivity index (χ3v) is 2.60. The summed E-state index contributed by atoms with van der Waals surface area (Å²) >= 11 is 0. The number of aliphatic hydroxyl groups is 1. The average Bonchev–Trinajstić information content (AvgIpc) is 2.58. The number of hydrogen-bond donors (Lipinski definition) is 1. The maximum absolute atomic E-state index is 11.4. The van der Waals surface area contributed by atoms with Crippen LogP contribution in [0.3, 0.4) is 0 Å². The summed E-state index contributed by atoms with van der Waals surface area (Å²) in [7, 11) is 0. The van der Waals surface area contributed by atoms with Gasteiger partial charge in [-0.15, -0.1) is 0 Å². The Bertz CT molecular complexity index is 187. The SMILES string of the molecule is CC1CC1C(=O)N1CC(O)C1. The van der Waals surface area contributed by atoms with Crippen LogP contribution < -0.4 is 0 Å². The fourth-order valence-corrected chi connectivity index (χ4v) is 1.54. The van der Waals surface area contributed by atoms with Crippen molar-refractivity contribution in [2.75, 3.05) is 13.1 Å². The van der Waals surface area contributed by atoms with Crippen LogP contribution in [0.4, 0.5) is 0 Å². The van der Waals surface area contributed by atoms with Gasteiger partial charge in [-0.3, -0.25) is 4.79 Å². The summed E-state index contributed by atoms with van der Waals surface area (Å²) < 4.78 is 0. The number of likely N-dealkylation sites (tertiary alicyclic amines) is 1. The van der Waals surface area contributed by atoms with E-state index in [1.54, 1.807) is 4.90 Å². The van der Waals surface area contributed by atoms with E-state index in [0.717, 1.165) is 6.42 Å². The van der Waals surface area contributed by atoms with E-state index in [2.05, 4.69) is 6.92 Å². The molecule has 11 heavy (non-hydrogen) atoms. The summed E-state index contributed by atoms with van der Waals surface area (Å²) in [6.45, 7) is 3.21. The first-order chi connectivity index (χ1) is 5.18. The smallest absolute Gasteiger partial charge is 0.226 e. The van der Waals surface area contributed by atoms with Crippen molar-refractivity contribution in [3.63, 3.8) is 0 Å². The number of rotatable bonds is 1. The molecule has 0 aromatic carbocycles. The summed E-state index contributed by atoms with van der Waals surface area (Å²) in [4.78, 5) is 13.1. The molecule has 1 saturated heterocycles. The fourth-order valence-electron chi connectivity index (χ4n) is 1.54. The molecule has 3 nitrogen and oxygen atoms in total. The molecule has 1 aliphatic carbocycles. The molecule has 2 atom stereocenters. The van der Waals surface area contributed by atoms with Crippen LogP contribution in [0.15, 0.2) is 0 Å². The van der Waals surface area contributed by atoms with Gasteiger partial charge in [-0.2, -0.15) is 0 Å². The second-order valence-corrected chi connectivity index (χ2v) is 3.72. The van der Waals surface area contributed by atoms with Crippen LogP contribution in [0.2, 0.25) is 0 Å². The van der Waals surface area contributed by atoms with Gasteiger partial charge in [0.25, 0.3) is 0 Å². The van der Waals surface area contributed by atoms with Crippen LogP contribution in [-0.4, -0.2) is 35.1 Å². The van der Waals surface area contributed by atoms with Crippen molar-refractivity contribution in [3.8, 4) is 0 Å². The second kappa shape index (κ2) is 2.21. The number of β-amino-alcohol motifs (C(OH)–C–C–N with tert-alkyl or cyclic N) is 1. The van der Waals surface area contributed by atoms with Gasteiger partial charge in [0.05, 0.1) is 6.10 Å². The Morgan fingerprint density at radius 3 is 2.45 bits per heavy atom.